The molecule has 29 heavy (non-hydrogen) atoms. The molecule has 1 aliphatic rings. The van der Waals surface area contributed by atoms with Crippen molar-refractivity contribution < 1.29 is 24.5 Å². The Labute approximate surface area is 170 Å². The minimum absolute atomic E-state index is 0.00681. The Morgan fingerprint density at radius 2 is 1.34 bits per heavy atom. The fraction of sp³-hybridized carbons (Fsp3) is 0.217. The molecule has 2 aromatic rings. The van der Waals surface area contributed by atoms with E-state index in [1.54, 1.807) is 0 Å². The first-order valence-electron chi connectivity index (χ1n) is 9.14. The van der Waals surface area contributed by atoms with Gasteiger partial charge in [-0.3, -0.25) is 0 Å². The third-order valence-corrected chi connectivity index (χ3v) is 4.19. The first-order valence-corrected chi connectivity index (χ1v) is 9.14. The van der Waals surface area contributed by atoms with Crippen LogP contribution in [0.25, 0.3) is 12.2 Å². The van der Waals surface area contributed by atoms with Crippen LogP contribution in [0.3, 0.4) is 0 Å². The molecular formula is C23H25NO5. The van der Waals surface area contributed by atoms with Gasteiger partial charge in [0.15, 0.2) is 0 Å². The summed E-state index contributed by atoms with van der Waals surface area (Å²) in [7, 11) is 4.14. The summed E-state index contributed by atoms with van der Waals surface area (Å²) in [6, 6.07) is 17.0. The molecule has 2 N–H and O–H groups in total. The summed E-state index contributed by atoms with van der Waals surface area (Å²) < 4.78 is 6.25. The molecule has 0 bridgehead atoms. The van der Waals surface area contributed by atoms with Gasteiger partial charge in [0.25, 0.3) is 0 Å². The fourth-order valence-electron chi connectivity index (χ4n) is 2.83. The zero-order chi connectivity index (χ0) is 21.2. The van der Waals surface area contributed by atoms with E-state index in [2.05, 4.69) is 79.7 Å². The summed E-state index contributed by atoms with van der Waals surface area (Å²) in [4.78, 5) is 21.3. The lowest BCUT2D eigenvalue weighted by molar-refractivity contribution is -0.134. The van der Waals surface area contributed by atoms with Crippen LogP contribution in [0.5, 0.6) is 0 Å². The molecule has 0 amide bonds. The van der Waals surface area contributed by atoms with E-state index in [4.69, 9.17) is 14.9 Å². The number of carbonyl (C=O) groups is 2. The van der Waals surface area contributed by atoms with E-state index in [0.717, 1.165) is 13.2 Å². The maximum absolute atomic E-state index is 9.55. The van der Waals surface area contributed by atoms with Gasteiger partial charge in [0.1, 0.15) is 6.10 Å². The number of rotatable bonds is 6. The highest BCUT2D eigenvalue weighted by Gasteiger charge is 2.21. The Bertz CT molecular complexity index is 836. The normalized spacial score (nSPS) is 12.7. The second kappa shape index (κ2) is 10.9. The first-order chi connectivity index (χ1) is 13.9. The van der Waals surface area contributed by atoms with E-state index in [1.807, 2.05) is 0 Å². The van der Waals surface area contributed by atoms with Gasteiger partial charge in [-0.15, -0.1) is 0 Å². The predicted molar refractivity (Wildman–Crippen MR) is 113 cm³/mol. The molecule has 0 heterocycles. The monoisotopic (exact) mass is 395 g/mol. The van der Waals surface area contributed by atoms with E-state index < -0.39 is 11.9 Å². The molecule has 0 aromatic heterocycles. The van der Waals surface area contributed by atoms with Crippen molar-refractivity contribution in [1.82, 2.24) is 4.90 Å². The largest absolute Gasteiger partial charge is 0.478 e. The number of carboxylic acids is 2. The van der Waals surface area contributed by atoms with E-state index in [1.165, 1.54) is 22.3 Å². The third kappa shape index (κ3) is 7.03. The number of hydrogen-bond acceptors (Lipinski definition) is 4. The van der Waals surface area contributed by atoms with Crippen LogP contribution in [-0.2, 0) is 14.3 Å². The number of fused-ring (bicyclic) bond motifs is 2. The molecule has 0 saturated carbocycles. The standard InChI is InChI=1S/C19H21NO.C4H4O4/c1-20(2)13-14-21-19-17-9-5-3-7-15(17)11-12-16-8-4-6-10-18(16)19;5-3(6)1-2-4(7)8/h3-12,19H,13-14H2,1-2H3;1-2H,(H,5,6)(H,7,8). The van der Waals surface area contributed by atoms with Crippen LogP contribution in [0, 0.1) is 0 Å². The summed E-state index contributed by atoms with van der Waals surface area (Å²) >= 11 is 0. The van der Waals surface area contributed by atoms with E-state index in [0.29, 0.717) is 12.2 Å². The van der Waals surface area contributed by atoms with Gasteiger partial charge in [0.2, 0.25) is 0 Å². The van der Waals surface area contributed by atoms with E-state index >= 15 is 0 Å². The highest BCUT2D eigenvalue weighted by molar-refractivity contribution is 5.89. The maximum atomic E-state index is 9.55. The zero-order valence-corrected chi connectivity index (χ0v) is 16.5. The van der Waals surface area contributed by atoms with E-state index in [-0.39, 0.29) is 6.10 Å². The maximum Gasteiger partial charge on any atom is 0.328 e. The molecule has 152 valence electrons. The lowest BCUT2D eigenvalue weighted by Crippen LogP contribution is -2.20. The molecule has 3 rings (SSSR count). The lowest BCUT2D eigenvalue weighted by atomic mass is 9.96. The Morgan fingerprint density at radius 3 is 1.76 bits per heavy atom. The number of carboxylic acid groups (broad SMARTS) is 2. The molecule has 0 spiro atoms. The summed E-state index contributed by atoms with van der Waals surface area (Å²) in [5, 5.41) is 15.6. The highest BCUT2D eigenvalue weighted by Crippen LogP contribution is 2.35. The number of nitrogens with zero attached hydrogens (tertiary/aromatic N) is 1. The second-order valence-electron chi connectivity index (χ2n) is 6.66. The van der Waals surface area contributed by atoms with Crippen LogP contribution in [0.1, 0.15) is 28.4 Å². The molecule has 6 heteroatoms. The average Bonchev–Trinajstić information content (AvgIpc) is 2.84. The number of aliphatic carboxylic acids is 2. The van der Waals surface area contributed by atoms with Crippen molar-refractivity contribution >= 4 is 24.1 Å². The molecule has 6 nitrogen and oxygen atoms in total. The van der Waals surface area contributed by atoms with Crippen molar-refractivity contribution in [2.75, 3.05) is 27.2 Å². The van der Waals surface area contributed by atoms with Crippen LogP contribution in [-0.4, -0.2) is 54.3 Å². The quantitative estimate of drug-likeness (QED) is 0.728. The van der Waals surface area contributed by atoms with Crippen molar-refractivity contribution in [2.24, 2.45) is 0 Å². The third-order valence-electron chi connectivity index (χ3n) is 4.19. The van der Waals surface area contributed by atoms with Crippen LogP contribution < -0.4 is 0 Å². The van der Waals surface area contributed by atoms with Gasteiger partial charge in [0.05, 0.1) is 6.61 Å². The number of hydrogen-bond donors (Lipinski definition) is 2. The van der Waals surface area contributed by atoms with Gasteiger partial charge in [-0.05, 0) is 36.3 Å². The first kappa shape index (κ1) is 22.1. The van der Waals surface area contributed by atoms with Crippen LogP contribution >= 0.6 is 0 Å². The van der Waals surface area contributed by atoms with E-state index in [9.17, 15) is 9.59 Å². The summed E-state index contributed by atoms with van der Waals surface area (Å²) in [5.74, 6) is -2.51. The summed E-state index contributed by atoms with van der Waals surface area (Å²) in [6.45, 7) is 1.65. The molecule has 0 atom stereocenters. The van der Waals surface area contributed by atoms with Crippen molar-refractivity contribution in [1.29, 1.82) is 0 Å². The molecule has 0 unspecified atom stereocenters. The van der Waals surface area contributed by atoms with Crippen molar-refractivity contribution in [2.45, 2.75) is 6.10 Å². The summed E-state index contributed by atoms with van der Waals surface area (Å²) in [6.07, 6.45) is 5.49. The highest BCUT2D eigenvalue weighted by atomic mass is 16.5. The van der Waals surface area contributed by atoms with Gasteiger partial charge in [-0.25, -0.2) is 9.59 Å². The lowest BCUT2D eigenvalue weighted by Gasteiger charge is -2.22. The van der Waals surface area contributed by atoms with Gasteiger partial charge in [-0.2, -0.15) is 0 Å². The molecule has 0 saturated heterocycles. The van der Waals surface area contributed by atoms with Crippen molar-refractivity contribution in [3.05, 3.63) is 82.9 Å². The minimum atomic E-state index is -1.26. The van der Waals surface area contributed by atoms with Gasteiger partial charge >= 0.3 is 11.9 Å². The topological polar surface area (TPSA) is 87.1 Å². The molecular weight excluding hydrogens is 370 g/mol. The molecule has 1 aliphatic carbocycles. The van der Waals surface area contributed by atoms with Crippen LogP contribution in [0.15, 0.2) is 60.7 Å². The Morgan fingerprint density at radius 1 is 0.897 bits per heavy atom. The minimum Gasteiger partial charge on any atom is -0.478 e. The smallest absolute Gasteiger partial charge is 0.328 e. The second-order valence-corrected chi connectivity index (χ2v) is 6.66. The molecule has 0 fully saturated rings. The Balaban J connectivity index is 0.000000321. The number of ether oxygens (including phenoxy) is 1. The van der Waals surface area contributed by atoms with Crippen LogP contribution in [0.2, 0.25) is 0 Å². The fourth-order valence-corrected chi connectivity index (χ4v) is 2.83. The number of likely N-dealkylation sites (N-methyl/N-ethyl adjacent to an activating group) is 1. The van der Waals surface area contributed by atoms with Crippen molar-refractivity contribution in [3.8, 4) is 0 Å². The Hall–Kier alpha value is -3.22. The van der Waals surface area contributed by atoms with Crippen LogP contribution in [0.4, 0.5) is 0 Å². The van der Waals surface area contributed by atoms with Gasteiger partial charge in [-0.1, -0.05) is 60.7 Å². The number of benzene rings is 2. The molecule has 0 aliphatic heterocycles. The molecule has 0 radical (unpaired) electrons. The van der Waals surface area contributed by atoms with Gasteiger partial charge < -0.3 is 19.8 Å². The SMILES string of the molecule is CN(C)CCOC1c2ccccc2C=Cc2ccccc21.O=C(O)C=CC(=O)O. The predicted octanol–water partition coefficient (Wildman–Crippen LogP) is 3.55. The summed E-state index contributed by atoms with van der Waals surface area (Å²) in [5.41, 5.74) is 4.97. The van der Waals surface area contributed by atoms with Gasteiger partial charge in [0, 0.05) is 18.7 Å². The Kier molecular flexibility index (Phi) is 8.33. The average molecular weight is 395 g/mol. The molecule has 2 aromatic carbocycles. The van der Waals surface area contributed by atoms with Crippen molar-refractivity contribution in [3.63, 3.8) is 0 Å². The zero-order valence-electron chi connectivity index (χ0n) is 16.5.